The average molecular weight is 259 g/mol. The van der Waals surface area contributed by atoms with Crippen molar-refractivity contribution in [2.45, 2.75) is 32.5 Å². The predicted octanol–water partition coefficient (Wildman–Crippen LogP) is 1.72. The van der Waals surface area contributed by atoms with Crippen LogP contribution in [-0.2, 0) is 14.1 Å². The molecule has 1 amide bonds. The highest BCUT2D eigenvalue weighted by molar-refractivity contribution is 6.62. The van der Waals surface area contributed by atoms with Gasteiger partial charge in [-0.15, -0.1) is 0 Å². The van der Waals surface area contributed by atoms with Crippen molar-refractivity contribution in [3.8, 4) is 0 Å². The molecule has 1 aliphatic heterocycles. The summed E-state index contributed by atoms with van der Waals surface area (Å²) in [5.41, 5.74) is 1.27. The van der Waals surface area contributed by atoms with Crippen LogP contribution >= 0.6 is 0 Å². The Morgan fingerprint density at radius 2 is 2.26 bits per heavy atom. The lowest BCUT2D eigenvalue weighted by Crippen LogP contribution is -2.34. The number of hydrogen-bond donors (Lipinski definition) is 1. The molecule has 1 aromatic carbocycles. The van der Waals surface area contributed by atoms with Crippen molar-refractivity contribution in [1.82, 2.24) is 0 Å². The average Bonchev–Trinajstić information content (AvgIpc) is 2.64. The maximum absolute atomic E-state index is 11.3. The lowest BCUT2D eigenvalue weighted by Gasteiger charge is -2.21. The van der Waals surface area contributed by atoms with Gasteiger partial charge in [-0.05, 0) is 44.4 Å². The van der Waals surface area contributed by atoms with E-state index in [1.54, 1.807) is 0 Å². The number of nitrogens with one attached hydrogen (secondary N) is 1. The van der Waals surface area contributed by atoms with Crippen LogP contribution < -0.4 is 10.8 Å². The van der Waals surface area contributed by atoms with Crippen molar-refractivity contribution < 1.29 is 14.1 Å². The van der Waals surface area contributed by atoms with Gasteiger partial charge in [0, 0.05) is 5.69 Å². The number of carbonyl (C=O) groups excluding carboxylic acids is 1. The van der Waals surface area contributed by atoms with Crippen molar-refractivity contribution in [2.24, 2.45) is 0 Å². The Morgan fingerprint density at radius 3 is 2.84 bits per heavy atom. The molecule has 1 N–H and O–H groups in total. The fraction of sp³-hybridized carbons (Fsp3) is 0.357. The number of amides is 1. The molecule has 100 valence electrons. The van der Waals surface area contributed by atoms with Gasteiger partial charge in [-0.3, -0.25) is 4.79 Å². The summed E-state index contributed by atoms with van der Waals surface area (Å²) in [6.45, 7) is 9.42. The van der Waals surface area contributed by atoms with Gasteiger partial charge in [0.25, 0.3) is 0 Å². The van der Waals surface area contributed by atoms with E-state index in [0.29, 0.717) is 5.69 Å². The second kappa shape index (κ2) is 5.19. The van der Waals surface area contributed by atoms with Crippen LogP contribution in [0.1, 0.15) is 20.8 Å². The molecule has 1 saturated heterocycles. The van der Waals surface area contributed by atoms with E-state index in [4.69, 9.17) is 9.31 Å². The summed E-state index contributed by atoms with van der Waals surface area (Å²) >= 11 is 0. The van der Waals surface area contributed by atoms with E-state index in [1.165, 1.54) is 6.08 Å². The summed E-state index contributed by atoms with van der Waals surface area (Å²) < 4.78 is 11.7. The molecule has 1 heterocycles. The second-order valence-corrected chi connectivity index (χ2v) is 5.15. The van der Waals surface area contributed by atoms with Crippen LogP contribution in [0.2, 0.25) is 0 Å². The third-order valence-electron chi connectivity index (χ3n) is 3.33. The van der Waals surface area contributed by atoms with Gasteiger partial charge in [-0.1, -0.05) is 18.7 Å². The zero-order valence-electron chi connectivity index (χ0n) is 11.5. The van der Waals surface area contributed by atoms with Crippen LogP contribution in [0.3, 0.4) is 0 Å². The normalized spacial score (nSPS) is 21.2. The third kappa shape index (κ3) is 3.05. The van der Waals surface area contributed by atoms with Gasteiger partial charge < -0.3 is 14.6 Å². The van der Waals surface area contributed by atoms with E-state index in [0.717, 1.165) is 5.46 Å². The van der Waals surface area contributed by atoms with Crippen LogP contribution in [-0.4, -0.2) is 24.7 Å². The van der Waals surface area contributed by atoms with Crippen molar-refractivity contribution in [3.63, 3.8) is 0 Å². The molecular weight excluding hydrogens is 241 g/mol. The zero-order chi connectivity index (χ0) is 14.0. The van der Waals surface area contributed by atoms with Crippen molar-refractivity contribution >= 4 is 24.2 Å². The fourth-order valence-corrected chi connectivity index (χ4v) is 1.85. The predicted molar refractivity (Wildman–Crippen MR) is 76.4 cm³/mol. The van der Waals surface area contributed by atoms with Crippen LogP contribution in [0.5, 0.6) is 0 Å². The van der Waals surface area contributed by atoms with Gasteiger partial charge in [0.2, 0.25) is 5.91 Å². The molecule has 1 aliphatic rings. The van der Waals surface area contributed by atoms with E-state index in [9.17, 15) is 4.79 Å². The SMILES string of the molecule is C=CC(=O)Nc1cccc(B2OC(C)C(C)(C)O2)c1. The Labute approximate surface area is 113 Å². The first-order valence-electron chi connectivity index (χ1n) is 6.29. The van der Waals surface area contributed by atoms with E-state index >= 15 is 0 Å². The number of anilines is 1. The van der Waals surface area contributed by atoms with E-state index in [1.807, 2.05) is 45.0 Å². The van der Waals surface area contributed by atoms with Gasteiger partial charge >= 0.3 is 7.12 Å². The Hall–Kier alpha value is -1.59. The fourth-order valence-electron chi connectivity index (χ4n) is 1.85. The first kappa shape index (κ1) is 13.8. The third-order valence-corrected chi connectivity index (χ3v) is 3.33. The molecule has 1 aromatic rings. The maximum Gasteiger partial charge on any atom is 0.494 e. The van der Waals surface area contributed by atoms with Crippen LogP contribution in [0, 0.1) is 0 Å². The highest BCUT2D eigenvalue weighted by Crippen LogP contribution is 2.26. The van der Waals surface area contributed by atoms with E-state index in [-0.39, 0.29) is 17.6 Å². The van der Waals surface area contributed by atoms with Gasteiger partial charge in [-0.2, -0.15) is 0 Å². The van der Waals surface area contributed by atoms with Crippen molar-refractivity contribution in [3.05, 3.63) is 36.9 Å². The Morgan fingerprint density at radius 1 is 1.53 bits per heavy atom. The second-order valence-electron chi connectivity index (χ2n) is 5.15. The molecule has 5 heteroatoms. The molecule has 2 rings (SSSR count). The van der Waals surface area contributed by atoms with Gasteiger partial charge in [0.05, 0.1) is 11.7 Å². The number of rotatable bonds is 3. The lowest BCUT2D eigenvalue weighted by atomic mass is 9.79. The van der Waals surface area contributed by atoms with Crippen LogP contribution in [0.15, 0.2) is 36.9 Å². The van der Waals surface area contributed by atoms with E-state index < -0.39 is 7.12 Å². The molecule has 1 unspecified atom stereocenters. The number of carbonyl (C=O) groups is 1. The molecule has 19 heavy (non-hydrogen) atoms. The number of benzene rings is 1. The monoisotopic (exact) mass is 259 g/mol. The first-order chi connectivity index (χ1) is 8.92. The summed E-state index contributed by atoms with van der Waals surface area (Å²) in [4.78, 5) is 11.3. The van der Waals surface area contributed by atoms with Gasteiger partial charge in [0.1, 0.15) is 0 Å². The molecule has 1 fully saturated rings. The minimum atomic E-state index is -0.398. The Kier molecular flexibility index (Phi) is 3.78. The zero-order valence-corrected chi connectivity index (χ0v) is 11.5. The summed E-state index contributed by atoms with van der Waals surface area (Å²) in [7, 11) is -0.398. The Balaban J connectivity index is 2.16. The first-order valence-corrected chi connectivity index (χ1v) is 6.29. The van der Waals surface area contributed by atoms with Crippen molar-refractivity contribution in [1.29, 1.82) is 0 Å². The molecular formula is C14H18BNO3. The largest absolute Gasteiger partial charge is 0.494 e. The molecule has 4 nitrogen and oxygen atoms in total. The summed E-state index contributed by atoms with van der Waals surface area (Å²) in [6.07, 6.45) is 1.25. The molecule has 0 radical (unpaired) electrons. The lowest BCUT2D eigenvalue weighted by molar-refractivity contribution is -0.111. The molecule has 0 bridgehead atoms. The highest BCUT2D eigenvalue weighted by Gasteiger charge is 2.43. The standard InChI is InChI=1S/C14H18BNO3/c1-5-13(17)16-12-8-6-7-11(9-12)15-18-10(2)14(3,4)19-15/h5-10H,1H2,2-4H3,(H,16,17). The highest BCUT2D eigenvalue weighted by atomic mass is 16.7. The molecule has 0 aromatic heterocycles. The maximum atomic E-state index is 11.3. The Bertz CT molecular complexity index is 501. The molecule has 1 atom stereocenters. The van der Waals surface area contributed by atoms with E-state index in [2.05, 4.69) is 11.9 Å². The minimum absolute atomic E-state index is 0.0175. The molecule has 0 aliphatic carbocycles. The van der Waals surface area contributed by atoms with Crippen molar-refractivity contribution in [2.75, 3.05) is 5.32 Å². The van der Waals surface area contributed by atoms with Crippen LogP contribution in [0.25, 0.3) is 0 Å². The smallest absolute Gasteiger partial charge is 0.402 e. The summed E-state index contributed by atoms with van der Waals surface area (Å²) in [5, 5.41) is 2.72. The van der Waals surface area contributed by atoms with Gasteiger partial charge in [-0.25, -0.2) is 0 Å². The molecule has 0 spiro atoms. The summed E-state index contributed by atoms with van der Waals surface area (Å²) in [6, 6.07) is 7.44. The topological polar surface area (TPSA) is 47.6 Å². The quantitative estimate of drug-likeness (QED) is 0.664. The molecule has 0 saturated carbocycles. The minimum Gasteiger partial charge on any atom is -0.402 e. The number of hydrogen-bond acceptors (Lipinski definition) is 3. The summed E-state index contributed by atoms with van der Waals surface area (Å²) in [5.74, 6) is -0.237. The van der Waals surface area contributed by atoms with Gasteiger partial charge in [0.15, 0.2) is 0 Å². The van der Waals surface area contributed by atoms with Crippen LogP contribution in [0.4, 0.5) is 5.69 Å².